The first-order chi connectivity index (χ1) is 10.8. The maximum Gasteiger partial charge on any atom is 0.167 e. The minimum atomic E-state index is 0.267. The maximum atomic E-state index is 13.2. The van der Waals surface area contributed by atoms with Gasteiger partial charge in [0.25, 0.3) is 0 Å². The summed E-state index contributed by atoms with van der Waals surface area (Å²) in [4.78, 5) is 13.2. The van der Waals surface area contributed by atoms with Gasteiger partial charge in [0.05, 0.1) is 0 Å². The van der Waals surface area contributed by atoms with Gasteiger partial charge in [-0.3, -0.25) is 4.79 Å². The lowest BCUT2D eigenvalue weighted by molar-refractivity contribution is -0.118. The molecule has 2 fully saturated rings. The first kappa shape index (κ1) is 12.8. The Balaban J connectivity index is 1.75. The molecule has 2 aromatic rings. The molecule has 0 unspecified atom stereocenters. The molecule has 1 heterocycles. The number of hydrogen-bond acceptors (Lipinski definition) is 2. The van der Waals surface area contributed by atoms with Crippen molar-refractivity contribution in [3.8, 4) is 0 Å². The maximum absolute atomic E-state index is 13.2. The molecule has 0 aliphatic heterocycles. The number of hydrogen-bond donors (Lipinski definition) is 0. The van der Waals surface area contributed by atoms with Crippen molar-refractivity contribution in [1.82, 2.24) is 0 Å². The van der Waals surface area contributed by atoms with Crippen molar-refractivity contribution in [2.24, 2.45) is 23.7 Å². The number of fused-ring (bicyclic) bond motifs is 5. The van der Waals surface area contributed by atoms with Crippen LogP contribution in [-0.4, -0.2) is 5.78 Å². The minimum absolute atomic E-state index is 0.267. The van der Waals surface area contributed by atoms with Crippen molar-refractivity contribution >= 4 is 28.3 Å². The van der Waals surface area contributed by atoms with Gasteiger partial charge >= 0.3 is 0 Å². The second-order valence-electron chi connectivity index (χ2n) is 6.92. The molecule has 2 heteroatoms. The number of carbonyl (C=O) groups is 1. The van der Waals surface area contributed by atoms with Crippen LogP contribution in [0.3, 0.4) is 0 Å². The van der Waals surface area contributed by atoms with E-state index < -0.39 is 0 Å². The molecule has 22 heavy (non-hydrogen) atoms. The average Bonchev–Trinajstić information content (AvgIpc) is 3.31. The SMILES string of the molecule is O=C1C(c2ccccc2)=C(c2ccsc2)[C@@H]2[C@H]3CC[C@H](C3)[C@H]12. The fourth-order valence-corrected chi connectivity index (χ4v) is 5.86. The van der Waals surface area contributed by atoms with Crippen LogP contribution in [0.25, 0.3) is 11.1 Å². The standard InChI is InChI=1S/C20H18OS/c21-20-18(12-4-2-1-3-5-12)17(15-8-9-22-11-15)16-13-6-7-14(10-13)19(16)20/h1-5,8-9,11,13-14,16,19H,6-7,10H2/t13-,14+,16-,19-/m0/s1. The third-order valence-electron chi connectivity index (χ3n) is 5.96. The van der Waals surface area contributed by atoms with Crippen molar-refractivity contribution in [2.45, 2.75) is 19.3 Å². The topological polar surface area (TPSA) is 17.1 Å². The Hall–Kier alpha value is -1.67. The van der Waals surface area contributed by atoms with Crippen molar-refractivity contribution in [1.29, 1.82) is 0 Å². The molecule has 2 saturated carbocycles. The summed E-state index contributed by atoms with van der Waals surface area (Å²) in [5.41, 5.74) is 4.78. The van der Waals surface area contributed by atoms with Crippen LogP contribution in [0.15, 0.2) is 47.2 Å². The molecule has 1 aromatic carbocycles. The number of rotatable bonds is 2. The Morgan fingerprint density at radius 3 is 2.41 bits per heavy atom. The van der Waals surface area contributed by atoms with Gasteiger partial charge in [-0.25, -0.2) is 0 Å². The molecule has 4 atom stereocenters. The van der Waals surface area contributed by atoms with E-state index in [1.54, 1.807) is 11.3 Å². The van der Waals surface area contributed by atoms with Crippen LogP contribution in [-0.2, 0) is 4.79 Å². The zero-order chi connectivity index (χ0) is 14.7. The van der Waals surface area contributed by atoms with Gasteiger partial charge in [-0.2, -0.15) is 11.3 Å². The van der Waals surface area contributed by atoms with Crippen LogP contribution in [0.2, 0.25) is 0 Å². The van der Waals surface area contributed by atoms with Crippen molar-refractivity contribution < 1.29 is 4.79 Å². The van der Waals surface area contributed by atoms with Gasteiger partial charge in [0.15, 0.2) is 5.78 Å². The van der Waals surface area contributed by atoms with Gasteiger partial charge in [0.1, 0.15) is 0 Å². The van der Waals surface area contributed by atoms with E-state index in [0.29, 0.717) is 17.6 Å². The molecule has 5 rings (SSSR count). The molecule has 0 spiro atoms. The molecule has 2 bridgehead atoms. The summed E-state index contributed by atoms with van der Waals surface area (Å²) < 4.78 is 0. The lowest BCUT2D eigenvalue weighted by Gasteiger charge is -2.25. The number of benzene rings is 1. The van der Waals surface area contributed by atoms with Crippen molar-refractivity contribution in [2.75, 3.05) is 0 Å². The third-order valence-corrected chi connectivity index (χ3v) is 6.65. The van der Waals surface area contributed by atoms with E-state index in [4.69, 9.17) is 0 Å². The Labute approximate surface area is 134 Å². The highest BCUT2D eigenvalue weighted by Gasteiger charge is 2.57. The van der Waals surface area contributed by atoms with E-state index in [-0.39, 0.29) is 5.92 Å². The second kappa shape index (κ2) is 4.66. The lowest BCUT2D eigenvalue weighted by atomic mass is 9.77. The minimum Gasteiger partial charge on any atom is -0.294 e. The van der Waals surface area contributed by atoms with Gasteiger partial charge < -0.3 is 0 Å². The fourth-order valence-electron chi connectivity index (χ4n) is 5.21. The number of Topliss-reactive ketones (excluding diaryl/α,β-unsaturated/α-hetero) is 1. The van der Waals surface area contributed by atoms with E-state index in [9.17, 15) is 4.79 Å². The zero-order valence-corrected chi connectivity index (χ0v) is 13.2. The van der Waals surface area contributed by atoms with Gasteiger partial charge in [0.2, 0.25) is 0 Å². The summed E-state index contributed by atoms with van der Waals surface area (Å²) >= 11 is 1.73. The molecule has 1 nitrogen and oxygen atoms in total. The summed E-state index contributed by atoms with van der Waals surface area (Å²) in [6.07, 6.45) is 3.85. The molecular formula is C20H18OS. The molecule has 0 saturated heterocycles. The molecule has 110 valence electrons. The number of ketones is 1. The predicted molar refractivity (Wildman–Crippen MR) is 90.4 cm³/mol. The summed E-state index contributed by atoms with van der Waals surface area (Å²) in [6.45, 7) is 0. The molecule has 3 aliphatic rings. The molecule has 0 radical (unpaired) electrons. The Kier molecular flexibility index (Phi) is 2.72. The summed E-state index contributed by atoms with van der Waals surface area (Å²) in [5, 5.41) is 4.36. The van der Waals surface area contributed by atoms with Crippen molar-refractivity contribution in [3.63, 3.8) is 0 Å². The molecule has 3 aliphatic carbocycles. The normalized spacial score (nSPS) is 32.8. The van der Waals surface area contributed by atoms with E-state index in [2.05, 4.69) is 29.0 Å². The Bertz CT molecular complexity index is 756. The molecule has 0 amide bonds. The number of thiophene rings is 1. The fraction of sp³-hybridized carbons (Fsp3) is 0.350. The van der Waals surface area contributed by atoms with Gasteiger partial charge in [-0.05, 0) is 70.5 Å². The highest BCUT2D eigenvalue weighted by Crippen LogP contribution is 2.62. The number of carbonyl (C=O) groups excluding carboxylic acids is 1. The monoisotopic (exact) mass is 306 g/mol. The molecular weight excluding hydrogens is 288 g/mol. The van der Waals surface area contributed by atoms with Crippen LogP contribution in [0.1, 0.15) is 30.4 Å². The van der Waals surface area contributed by atoms with E-state index >= 15 is 0 Å². The van der Waals surface area contributed by atoms with Crippen LogP contribution < -0.4 is 0 Å². The van der Waals surface area contributed by atoms with Crippen LogP contribution in [0, 0.1) is 23.7 Å². The summed E-state index contributed by atoms with van der Waals surface area (Å²) in [5.74, 6) is 2.54. The second-order valence-corrected chi connectivity index (χ2v) is 7.70. The van der Waals surface area contributed by atoms with Gasteiger partial charge in [-0.1, -0.05) is 30.3 Å². The first-order valence-corrected chi connectivity index (χ1v) is 9.15. The lowest BCUT2D eigenvalue weighted by Crippen LogP contribution is -2.24. The predicted octanol–water partition coefficient (Wildman–Crippen LogP) is 4.90. The Morgan fingerprint density at radius 1 is 0.909 bits per heavy atom. The molecule has 0 N–H and O–H groups in total. The first-order valence-electron chi connectivity index (χ1n) is 8.21. The van der Waals surface area contributed by atoms with Gasteiger partial charge in [-0.15, -0.1) is 0 Å². The summed E-state index contributed by atoms with van der Waals surface area (Å²) in [7, 11) is 0. The van der Waals surface area contributed by atoms with E-state index in [1.807, 2.05) is 18.2 Å². The largest absolute Gasteiger partial charge is 0.294 e. The highest BCUT2D eigenvalue weighted by molar-refractivity contribution is 7.08. The smallest absolute Gasteiger partial charge is 0.167 e. The van der Waals surface area contributed by atoms with Gasteiger partial charge in [0, 0.05) is 11.5 Å². The van der Waals surface area contributed by atoms with Crippen LogP contribution >= 0.6 is 11.3 Å². The van der Waals surface area contributed by atoms with E-state index in [0.717, 1.165) is 17.1 Å². The van der Waals surface area contributed by atoms with Crippen LogP contribution in [0.5, 0.6) is 0 Å². The van der Waals surface area contributed by atoms with Crippen molar-refractivity contribution in [3.05, 3.63) is 58.3 Å². The average molecular weight is 306 g/mol. The number of allylic oxidation sites excluding steroid dienone is 2. The molecule has 1 aromatic heterocycles. The summed E-state index contributed by atoms with van der Waals surface area (Å²) in [6, 6.07) is 12.5. The Morgan fingerprint density at radius 2 is 1.68 bits per heavy atom. The zero-order valence-electron chi connectivity index (χ0n) is 12.4. The highest BCUT2D eigenvalue weighted by atomic mass is 32.1. The van der Waals surface area contributed by atoms with E-state index in [1.165, 1.54) is 30.4 Å². The van der Waals surface area contributed by atoms with Crippen LogP contribution in [0.4, 0.5) is 0 Å². The third kappa shape index (κ3) is 1.62. The quantitative estimate of drug-likeness (QED) is 0.771.